The minimum Gasteiger partial charge on any atom is -0.223 e. The van der Waals surface area contributed by atoms with Gasteiger partial charge in [-0.15, -0.1) is 0 Å². The van der Waals surface area contributed by atoms with Crippen molar-refractivity contribution in [3.05, 3.63) is 58.2 Å². The van der Waals surface area contributed by atoms with Gasteiger partial charge < -0.3 is 0 Å². The highest BCUT2D eigenvalue weighted by Crippen LogP contribution is 2.51. The van der Waals surface area contributed by atoms with Crippen molar-refractivity contribution >= 4 is 0 Å². The molecule has 2 aromatic heterocycles. The second kappa shape index (κ2) is 6.02. The fourth-order valence-electron chi connectivity index (χ4n) is 1.99. The summed E-state index contributed by atoms with van der Waals surface area (Å²) in [6.07, 6.45) is -6.75. The topological polar surface area (TPSA) is 25.8 Å². The normalized spacial score (nSPS) is 12.6. The molecule has 0 spiro atoms. The van der Waals surface area contributed by atoms with Gasteiger partial charge in [-0.05, 0) is 0 Å². The van der Waals surface area contributed by atoms with Crippen LogP contribution in [0.1, 0.15) is 11.1 Å². The molecule has 0 amide bonds. The van der Waals surface area contributed by atoms with Gasteiger partial charge in [0, 0.05) is 0 Å². The van der Waals surface area contributed by atoms with Crippen LogP contribution >= 0.6 is 0 Å². The van der Waals surface area contributed by atoms with E-state index in [-0.39, 0.29) is 0 Å². The molecular weight excluding hydrogens is 400 g/mol. The third-order valence-corrected chi connectivity index (χ3v) is 3.07. The highest BCUT2D eigenvalue weighted by Gasteiger charge is 2.65. The Morgan fingerprint density at radius 3 is 0.885 bits per heavy atom. The molecule has 142 valence electrons. The summed E-state index contributed by atoms with van der Waals surface area (Å²) in [4.78, 5) is 3.67. The zero-order valence-electron chi connectivity index (χ0n) is 11.4. The summed E-state index contributed by atoms with van der Waals surface area (Å²) in [6.45, 7) is 0. The molecule has 0 atom stereocenters. The molecule has 0 aliphatic rings. The Morgan fingerprint density at radius 2 is 0.692 bits per heavy atom. The molecule has 0 radical (unpaired) electrons. The molecule has 0 fully saturated rings. The lowest BCUT2D eigenvalue weighted by atomic mass is 9.86. The van der Waals surface area contributed by atoms with Gasteiger partial charge in [0.1, 0.15) is 0 Å². The van der Waals surface area contributed by atoms with Crippen LogP contribution in [0, 0.1) is 47.1 Å². The molecule has 2 heterocycles. The van der Waals surface area contributed by atoms with Gasteiger partial charge in [0.25, 0.3) is 29.5 Å². The Morgan fingerprint density at radius 1 is 0.462 bits per heavy atom. The van der Waals surface area contributed by atoms with Gasteiger partial charge in [-0.2, -0.15) is 40.7 Å². The highest BCUT2D eigenvalue weighted by atomic mass is 19.4. The largest absolute Gasteiger partial charge is 0.431 e. The molecule has 0 aromatic carbocycles. The van der Waals surface area contributed by atoms with Gasteiger partial charge in [0.2, 0.25) is 0 Å². The summed E-state index contributed by atoms with van der Waals surface area (Å²) in [5.41, 5.74) is -12.6. The standard InChI is InChI=1S/C12F12N2/c13-3-1(4(14)8(18)25-7(3)17)11(21,12(22,23)24)2-5(15)9(19)26-10(20)6(2)16. The number of rotatable bonds is 2. The fourth-order valence-corrected chi connectivity index (χ4v) is 1.99. The lowest BCUT2D eigenvalue weighted by Crippen LogP contribution is -2.43. The first kappa shape index (κ1) is 19.8. The predicted octanol–water partition coefficient (Wildman–Crippen LogP) is 4.36. The number of nitrogens with zero attached hydrogens (tertiary/aromatic N) is 2. The SMILES string of the molecule is Fc1nc(F)c(F)c(C(F)(c2c(F)c(F)nc(F)c2F)C(F)(F)F)c1F. The van der Waals surface area contributed by atoms with Gasteiger partial charge in [-0.25, -0.2) is 22.0 Å². The Balaban J connectivity index is 3.11. The molecule has 2 rings (SSSR count). The summed E-state index contributed by atoms with van der Waals surface area (Å²) in [5, 5.41) is 0. The number of pyridine rings is 2. The molecule has 0 N–H and O–H groups in total. The molecular formula is C12F12N2. The van der Waals surface area contributed by atoms with E-state index in [1.54, 1.807) is 0 Å². The summed E-state index contributed by atoms with van der Waals surface area (Å²) in [5.74, 6) is -23.8. The summed E-state index contributed by atoms with van der Waals surface area (Å²) in [7, 11) is 0. The molecule has 0 aliphatic heterocycles. The van der Waals surface area contributed by atoms with Gasteiger partial charge in [0.15, 0.2) is 23.3 Å². The first-order valence-electron chi connectivity index (χ1n) is 5.91. The van der Waals surface area contributed by atoms with Crippen LogP contribution < -0.4 is 0 Å². The molecule has 0 unspecified atom stereocenters. The van der Waals surface area contributed by atoms with Crippen LogP contribution in [-0.2, 0) is 5.67 Å². The Hall–Kier alpha value is -2.54. The van der Waals surface area contributed by atoms with E-state index in [2.05, 4.69) is 0 Å². The number of halogens is 12. The van der Waals surface area contributed by atoms with E-state index in [1.807, 2.05) is 9.97 Å². The van der Waals surface area contributed by atoms with Crippen molar-refractivity contribution in [1.82, 2.24) is 9.97 Å². The van der Waals surface area contributed by atoms with Crippen LogP contribution in [0.15, 0.2) is 0 Å². The summed E-state index contributed by atoms with van der Waals surface area (Å²) < 4.78 is 161. The monoisotopic (exact) mass is 400 g/mol. The Labute approximate surface area is 134 Å². The van der Waals surface area contributed by atoms with E-state index in [1.165, 1.54) is 0 Å². The molecule has 26 heavy (non-hydrogen) atoms. The van der Waals surface area contributed by atoms with Crippen LogP contribution in [0.3, 0.4) is 0 Å². The van der Waals surface area contributed by atoms with Crippen molar-refractivity contribution in [2.24, 2.45) is 0 Å². The first-order valence-corrected chi connectivity index (χ1v) is 5.91. The zero-order chi connectivity index (χ0) is 20.2. The van der Waals surface area contributed by atoms with E-state index in [0.29, 0.717) is 0 Å². The lowest BCUT2D eigenvalue weighted by Gasteiger charge is -2.29. The van der Waals surface area contributed by atoms with Crippen LogP contribution in [0.2, 0.25) is 0 Å². The zero-order valence-corrected chi connectivity index (χ0v) is 11.4. The average molecular weight is 400 g/mol. The van der Waals surface area contributed by atoms with Crippen LogP contribution in [0.25, 0.3) is 0 Å². The van der Waals surface area contributed by atoms with Gasteiger partial charge in [0.05, 0.1) is 11.1 Å². The highest BCUT2D eigenvalue weighted by molar-refractivity contribution is 5.40. The number of hydrogen-bond donors (Lipinski definition) is 0. The van der Waals surface area contributed by atoms with E-state index >= 15 is 0 Å². The van der Waals surface area contributed by atoms with Gasteiger partial charge in [-0.3, -0.25) is 0 Å². The molecule has 2 aromatic rings. The second-order valence-corrected chi connectivity index (χ2v) is 4.55. The van der Waals surface area contributed by atoms with Crippen molar-refractivity contribution in [2.75, 3.05) is 0 Å². The average Bonchev–Trinajstić information content (AvgIpc) is 2.50. The maximum atomic E-state index is 14.7. The maximum Gasteiger partial charge on any atom is 0.431 e. The van der Waals surface area contributed by atoms with E-state index < -0.39 is 70.0 Å². The van der Waals surface area contributed by atoms with Gasteiger partial charge in [-0.1, -0.05) is 0 Å². The van der Waals surface area contributed by atoms with Crippen LogP contribution in [-0.4, -0.2) is 16.1 Å². The van der Waals surface area contributed by atoms with E-state index in [4.69, 9.17) is 0 Å². The molecule has 0 bridgehead atoms. The molecule has 0 saturated heterocycles. The van der Waals surface area contributed by atoms with Crippen molar-refractivity contribution in [3.8, 4) is 0 Å². The molecule has 14 heteroatoms. The maximum absolute atomic E-state index is 14.7. The number of alkyl halides is 4. The minimum absolute atomic E-state index is 1.84. The van der Waals surface area contributed by atoms with Crippen molar-refractivity contribution < 1.29 is 52.7 Å². The van der Waals surface area contributed by atoms with Crippen molar-refractivity contribution in [3.63, 3.8) is 0 Å². The predicted molar refractivity (Wildman–Crippen MR) is 56.1 cm³/mol. The van der Waals surface area contributed by atoms with Crippen LogP contribution in [0.4, 0.5) is 52.7 Å². The first-order chi connectivity index (χ1) is 11.7. The molecule has 0 saturated carbocycles. The Bertz CT molecular complexity index is 775. The third-order valence-electron chi connectivity index (χ3n) is 3.07. The smallest absolute Gasteiger partial charge is 0.223 e. The number of aromatic nitrogens is 2. The van der Waals surface area contributed by atoms with Crippen molar-refractivity contribution in [2.45, 2.75) is 11.8 Å². The molecule has 2 nitrogen and oxygen atoms in total. The lowest BCUT2D eigenvalue weighted by molar-refractivity contribution is -0.223. The summed E-state index contributed by atoms with van der Waals surface area (Å²) in [6, 6.07) is 0. The van der Waals surface area contributed by atoms with Crippen LogP contribution in [0.5, 0.6) is 0 Å². The Kier molecular flexibility index (Phi) is 4.58. The van der Waals surface area contributed by atoms with Crippen molar-refractivity contribution in [1.29, 1.82) is 0 Å². The van der Waals surface area contributed by atoms with E-state index in [9.17, 15) is 52.7 Å². The quantitative estimate of drug-likeness (QED) is 0.553. The van der Waals surface area contributed by atoms with Gasteiger partial charge >= 0.3 is 6.18 Å². The van der Waals surface area contributed by atoms with E-state index in [0.717, 1.165) is 0 Å². The summed E-state index contributed by atoms with van der Waals surface area (Å²) >= 11 is 0. The molecule has 0 aliphatic carbocycles. The second-order valence-electron chi connectivity index (χ2n) is 4.55. The third kappa shape index (κ3) is 2.63. The fraction of sp³-hybridized carbons (Fsp3) is 0.167. The minimum atomic E-state index is -6.75. The number of hydrogen-bond acceptors (Lipinski definition) is 2.